The van der Waals surface area contributed by atoms with E-state index in [1.54, 1.807) is 13.8 Å². The number of anilines is 1. The Bertz CT molecular complexity index is 1020. The quantitative estimate of drug-likeness (QED) is 0.266. The van der Waals surface area contributed by atoms with E-state index in [2.05, 4.69) is 10.6 Å². The molecule has 1 aromatic rings. The van der Waals surface area contributed by atoms with Crippen LogP contribution in [0.5, 0.6) is 5.75 Å². The number of benzene rings is 1. The molecule has 0 radical (unpaired) electrons. The lowest BCUT2D eigenvalue weighted by molar-refractivity contribution is -0.177. The fourth-order valence-electron chi connectivity index (χ4n) is 3.88. The number of hydrogen-bond acceptors (Lipinski definition) is 9. The molecule has 1 fully saturated rings. The zero-order chi connectivity index (χ0) is 27.9. The Morgan fingerprint density at radius 2 is 1.73 bits per heavy atom. The van der Waals surface area contributed by atoms with Crippen LogP contribution in [0, 0.1) is 11.8 Å². The van der Waals surface area contributed by atoms with E-state index in [-0.39, 0.29) is 11.3 Å². The molecule has 1 aliphatic rings. The van der Waals surface area contributed by atoms with Gasteiger partial charge in [0, 0.05) is 6.92 Å². The molecule has 0 spiro atoms. The number of para-hydroxylation sites is 1. The maximum absolute atomic E-state index is 13.2. The highest BCUT2D eigenvalue weighted by molar-refractivity contribution is 6.02. The van der Waals surface area contributed by atoms with Gasteiger partial charge in [0.15, 0.2) is 17.9 Å². The average Bonchev–Trinajstić information content (AvgIpc) is 2.84. The van der Waals surface area contributed by atoms with Gasteiger partial charge < -0.3 is 30.0 Å². The predicted molar refractivity (Wildman–Crippen MR) is 133 cm³/mol. The number of phenols is 1. The fraction of sp³-hybridized carbons (Fsp3) is 0.577. The van der Waals surface area contributed by atoms with Crippen molar-refractivity contribution in [2.75, 3.05) is 5.32 Å². The third-order valence-corrected chi connectivity index (χ3v) is 5.96. The van der Waals surface area contributed by atoms with Crippen LogP contribution in [0.3, 0.4) is 0 Å². The van der Waals surface area contributed by atoms with Gasteiger partial charge in [-0.3, -0.25) is 19.2 Å². The van der Waals surface area contributed by atoms with Crippen molar-refractivity contribution in [1.82, 2.24) is 5.32 Å². The molecule has 0 aliphatic carbocycles. The van der Waals surface area contributed by atoms with Gasteiger partial charge in [0.1, 0.15) is 12.2 Å². The van der Waals surface area contributed by atoms with Crippen molar-refractivity contribution in [3.8, 4) is 5.75 Å². The summed E-state index contributed by atoms with van der Waals surface area (Å²) in [6.07, 6.45) is -1.45. The highest BCUT2D eigenvalue weighted by atomic mass is 16.6. The van der Waals surface area contributed by atoms with Crippen LogP contribution in [0.2, 0.25) is 0 Å². The van der Waals surface area contributed by atoms with Crippen LogP contribution in [-0.4, -0.2) is 59.2 Å². The molecule has 2 rings (SSSR count). The van der Waals surface area contributed by atoms with Gasteiger partial charge in [-0.1, -0.05) is 39.7 Å². The van der Waals surface area contributed by atoms with Crippen LogP contribution in [0.25, 0.3) is 0 Å². The molecule has 0 unspecified atom stereocenters. The van der Waals surface area contributed by atoms with E-state index in [0.717, 1.165) is 6.42 Å². The highest BCUT2D eigenvalue weighted by Gasteiger charge is 2.44. The molecule has 0 aromatic heterocycles. The van der Waals surface area contributed by atoms with E-state index in [9.17, 15) is 29.1 Å². The Balaban J connectivity index is 2.36. The number of esters is 3. The van der Waals surface area contributed by atoms with Crippen molar-refractivity contribution in [1.29, 1.82) is 0 Å². The largest absolute Gasteiger partial charge is 0.505 e. The van der Waals surface area contributed by atoms with Gasteiger partial charge in [-0.15, -0.1) is 0 Å². The first-order valence-corrected chi connectivity index (χ1v) is 12.4. The minimum absolute atomic E-state index is 0.0128. The summed E-state index contributed by atoms with van der Waals surface area (Å²) in [7, 11) is 0. The normalized spacial score (nSPS) is 24.1. The number of nitrogens with one attached hydrogen (secondary N) is 2. The topological polar surface area (TPSA) is 157 Å². The molecule has 1 aliphatic heterocycles. The summed E-state index contributed by atoms with van der Waals surface area (Å²) in [5.74, 6) is -5.27. The molecule has 37 heavy (non-hydrogen) atoms. The van der Waals surface area contributed by atoms with Gasteiger partial charge in [-0.05, 0) is 32.4 Å². The van der Waals surface area contributed by atoms with Gasteiger partial charge in [-0.2, -0.15) is 0 Å². The monoisotopic (exact) mass is 520 g/mol. The number of carbonyl (C=O) groups excluding carboxylic acids is 5. The Morgan fingerprint density at radius 3 is 2.32 bits per heavy atom. The molecule has 5 atom stereocenters. The molecular weight excluding hydrogens is 484 g/mol. The lowest BCUT2D eigenvalue weighted by Gasteiger charge is -2.29. The standard InChI is InChI=1S/C26H36N2O9/c1-7-8-10-18-22(37-24(32)13(2)3)15(5)36-26(34)20(14(4)35-25(18)33)28-23(31)17-11-9-12-19(21(17)30)27-16(6)29/h9,11-15,18,20,22,30H,7-8,10H2,1-6H3,(H,27,29)(H,28,31)/t14-,15+,18-,20+,22+/m1/s1. The summed E-state index contributed by atoms with van der Waals surface area (Å²) in [5, 5.41) is 15.3. The molecule has 204 valence electrons. The molecule has 11 nitrogen and oxygen atoms in total. The van der Waals surface area contributed by atoms with Crippen molar-refractivity contribution in [2.45, 2.75) is 85.2 Å². The minimum atomic E-state index is -1.42. The second-order valence-corrected chi connectivity index (χ2v) is 9.42. The third-order valence-electron chi connectivity index (χ3n) is 5.96. The number of hydrogen-bond donors (Lipinski definition) is 3. The SMILES string of the molecule is CCCC[C@H]1C(=O)O[C@H](C)[C@H](NC(=O)c2cccc(NC(C)=O)c2O)C(=O)O[C@@H](C)[C@@H]1OC(=O)C(C)C. The molecular formula is C26H36N2O9. The van der Waals surface area contributed by atoms with Crippen LogP contribution >= 0.6 is 0 Å². The lowest BCUT2D eigenvalue weighted by Crippen LogP contribution is -2.50. The van der Waals surface area contributed by atoms with Gasteiger partial charge in [0.2, 0.25) is 5.91 Å². The van der Waals surface area contributed by atoms with Gasteiger partial charge in [-0.25, -0.2) is 4.79 Å². The van der Waals surface area contributed by atoms with Crippen LogP contribution in [0.4, 0.5) is 5.69 Å². The number of amides is 2. The molecule has 0 bridgehead atoms. The Labute approximate surface area is 216 Å². The summed E-state index contributed by atoms with van der Waals surface area (Å²) >= 11 is 0. The number of phenolic OH excluding ortho intramolecular Hbond substituents is 1. The van der Waals surface area contributed by atoms with E-state index in [0.29, 0.717) is 12.8 Å². The summed E-state index contributed by atoms with van der Waals surface area (Å²) in [6, 6.07) is 2.73. The van der Waals surface area contributed by atoms with E-state index in [4.69, 9.17) is 14.2 Å². The Hall–Kier alpha value is -3.63. The Morgan fingerprint density at radius 1 is 1.08 bits per heavy atom. The molecule has 1 aromatic carbocycles. The van der Waals surface area contributed by atoms with Gasteiger partial charge in [0.25, 0.3) is 5.91 Å². The number of cyclic esters (lactones) is 2. The zero-order valence-electron chi connectivity index (χ0n) is 22.0. The second kappa shape index (κ2) is 13.1. The molecule has 1 heterocycles. The van der Waals surface area contributed by atoms with Crippen molar-refractivity contribution in [3.63, 3.8) is 0 Å². The molecule has 3 N–H and O–H groups in total. The number of carbonyl (C=O) groups is 5. The smallest absolute Gasteiger partial charge is 0.332 e. The van der Waals surface area contributed by atoms with Gasteiger partial charge in [0.05, 0.1) is 23.1 Å². The number of aromatic hydroxyl groups is 1. The van der Waals surface area contributed by atoms with E-state index >= 15 is 0 Å². The maximum atomic E-state index is 13.2. The first-order valence-electron chi connectivity index (χ1n) is 12.4. The highest BCUT2D eigenvalue weighted by Crippen LogP contribution is 2.29. The molecule has 0 saturated carbocycles. The summed E-state index contributed by atoms with van der Waals surface area (Å²) < 4.78 is 16.7. The van der Waals surface area contributed by atoms with Crippen LogP contribution in [-0.2, 0) is 33.4 Å². The van der Waals surface area contributed by atoms with Crippen LogP contribution < -0.4 is 10.6 Å². The first kappa shape index (κ1) is 29.6. The number of rotatable bonds is 8. The van der Waals surface area contributed by atoms with Crippen molar-refractivity contribution >= 4 is 35.4 Å². The minimum Gasteiger partial charge on any atom is -0.505 e. The fourth-order valence-corrected chi connectivity index (χ4v) is 3.88. The predicted octanol–water partition coefficient (Wildman–Crippen LogP) is 2.70. The van der Waals surface area contributed by atoms with Crippen LogP contribution in [0.1, 0.15) is 71.2 Å². The van der Waals surface area contributed by atoms with E-state index in [1.165, 1.54) is 39.0 Å². The summed E-state index contributed by atoms with van der Waals surface area (Å²) in [4.78, 5) is 63.0. The summed E-state index contributed by atoms with van der Waals surface area (Å²) in [6.45, 7) is 9.44. The molecule has 2 amide bonds. The molecule has 1 saturated heterocycles. The number of ether oxygens (including phenoxy) is 3. The van der Waals surface area contributed by atoms with Crippen molar-refractivity contribution < 1.29 is 43.3 Å². The number of unbranched alkanes of at least 4 members (excludes halogenated alkanes) is 1. The average molecular weight is 521 g/mol. The van der Waals surface area contributed by atoms with Crippen molar-refractivity contribution in [3.05, 3.63) is 23.8 Å². The van der Waals surface area contributed by atoms with E-state index in [1.807, 2.05) is 6.92 Å². The maximum Gasteiger partial charge on any atom is 0.332 e. The van der Waals surface area contributed by atoms with Gasteiger partial charge >= 0.3 is 17.9 Å². The Kier molecular flexibility index (Phi) is 10.5. The lowest BCUT2D eigenvalue weighted by atomic mass is 9.92. The first-order chi connectivity index (χ1) is 17.4. The van der Waals surface area contributed by atoms with Crippen LogP contribution in [0.15, 0.2) is 18.2 Å². The second-order valence-electron chi connectivity index (χ2n) is 9.42. The molecule has 11 heteroatoms. The summed E-state index contributed by atoms with van der Waals surface area (Å²) in [5.41, 5.74) is -0.200. The third kappa shape index (κ3) is 7.68. The zero-order valence-corrected chi connectivity index (χ0v) is 22.0. The van der Waals surface area contributed by atoms with Crippen molar-refractivity contribution in [2.24, 2.45) is 11.8 Å². The van der Waals surface area contributed by atoms with E-state index < -0.39 is 71.7 Å².